The lowest BCUT2D eigenvalue weighted by Gasteiger charge is -2.51. The fourth-order valence-corrected chi connectivity index (χ4v) is 5.57. The molecular weight excluding hydrogens is 424 g/mol. The highest BCUT2D eigenvalue weighted by molar-refractivity contribution is 6.30. The molecule has 164 valence electrons. The van der Waals surface area contributed by atoms with Gasteiger partial charge in [-0.25, -0.2) is 0 Å². The number of amides is 1. The number of benzene rings is 2. The maximum absolute atomic E-state index is 13.0. The average molecular weight is 449 g/mol. The number of hydrogen-bond donors (Lipinski definition) is 1. The Morgan fingerprint density at radius 2 is 1.91 bits per heavy atom. The predicted molar refractivity (Wildman–Crippen MR) is 124 cm³/mol. The van der Waals surface area contributed by atoms with Crippen molar-refractivity contribution in [2.45, 2.75) is 39.0 Å². The van der Waals surface area contributed by atoms with Crippen LogP contribution in [0.25, 0.3) is 0 Å². The molecule has 2 atom stereocenters. The number of carbonyl (C=O) groups excluding carboxylic acids is 2. The number of methoxy groups -OCH3 is 1. The largest absolute Gasteiger partial charge is 0.496 e. The monoisotopic (exact) mass is 448 g/mol. The fraction of sp³-hybridized carbons (Fsp3) is 0.346. The van der Waals surface area contributed by atoms with E-state index in [1.807, 2.05) is 32.1 Å². The highest BCUT2D eigenvalue weighted by Gasteiger charge is 2.54. The second-order valence-corrected chi connectivity index (χ2v) is 9.70. The Kier molecular flexibility index (Phi) is 5.38. The van der Waals surface area contributed by atoms with E-state index in [4.69, 9.17) is 16.3 Å². The quantitative estimate of drug-likeness (QED) is 0.674. The number of Topliss-reactive ketones (excluding diaryl/α,β-unsaturated/α-hetero) is 1. The Bertz CT molecular complexity index is 1190. The molecule has 0 radical (unpaired) electrons. The Hall–Kier alpha value is -3.10. The Balaban J connectivity index is 1.79. The molecule has 0 aromatic heterocycles. The van der Waals surface area contributed by atoms with Crippen LogP contribution in [0.15, 0.2) is 48.0 Å². The van der Waals surface area contributed by atoms with E-state index >= 15 is 0 Å². The third kappa shape index (κ3) is 3.40. The van der Waals surface area contributed by atoms with Crippen molar-refractivity contribution in [3.05, 3.63) is 69.8 Å². The van der Waals surface area contributed by atoms with Crippen molar-refractivity contribution >= 4 is 29.0 Å². The van der Waals surface area contributed by atoms with Crippen molar-refractivity contribution in [1.29, 1.82) is 5.26 Å². The topological polar surface area (TPSA) is 79.2 Å². The molecule has 0 fully saturated rings. The normalized spacial score (nSPS) is 23.3. The number of aryl methyl sites for hydroxylation is 1. The number of ketones is 1. The molecule has 2 aromatic rings. The molecule has 2 aliphatic rings. The van der Waals surface area contributed by atoms with Crippen LogP contribution in [0.5, 0.6) is 5.75 Å². The molecule has 1 amide bonds. The van der Waals surface area contributed by atoms with Crippen LogP contribution in [0.4, 0.5) is 5.69 Å². The van der Waals surface area contributed by atoms with Crippen molar-refractivity contribution in [3.8, 4) is 11.8 Å². The number of carbonyl (C=O) groups is 2. The maximum Gasteiger partial charge on any atom is 0.259 e. The van der Waals surface area contributed by atoms with Crippen LogP contribution < -0.4 is 10.1 Å². The number of rotatable bonds is 3. The Labute approximate surface area is 193 Å². The zero-order valence-electron chi connectivity index (χ0n) is 18.6. The number of hydrogen-bond acceptors (Lipinski definition) is 4. The van der Waals surface area contributed by atoms with Crippen molar-refractivity contribution in [3.63, 3.8) is 0 Å². The van der Waals surface area contributed by atoms with Crippen LogP contribution in [0, 0.1) is 22.7 Å². The van der Waals surface area contributed by atoms with Crippen LogP contribution >= 0.6 is 11.6 Å². The number of fused-ring (bicyclic) bond motifs is 3. The van der Waals surface area contributed by atoms with Gasteiger partial charge in [-0.3, -0.25) is 9.59 Å². The van der Waals surface area contributed by atoms with Crippen LogP contribution in [0.2, 0.25) is 5.02 Å². The van der Waals surface area contributed by atoms with Gasteiger partial charge >= 0.3 is 0 Å². The summed E-state index contributed by atoms with van der Waals surface area (Å²) < 4.78 is 5.61. The maximum atomic E-state index is 13.0. The summed E-state index contributed by atoms with van der Waals surface area (Å²) in [5.74, 6) is 0.132. The first-order valence-electron chi connectivity index (χ1n) is 10.6. The molecule has 0 unspecified atom stereocenters. The van der Waals surface area contributed by atoms with E-state index in [2.05, 4.69) is 18.3 Å². The van der Waals surface area contributed by atoms with Gasteiger partial charge in [-0.2, -0.15) is 5.26 Å². The molecule has 32 heavy (non-hydrogen) atoms. The molecule has 0 spiro atoms. The standard InChI is InChI=1S/C26H25ClN2O3/c1-25(2)22-10-5-15-11-19(24(31)29-18-8-6-17(27)7-9-18)21(32-4)12-20(15)26(22,3)13-16(14-28)23(25)30/h6-9,11-13,22H,5,10H2,1-4H3,(H,29,31)/t22-,26+/m0/s1. The second-order valence-electron chi connectivity index (χ2n) is 9.27. The van der Waals surface area contributed by atoms with Crippen molar-refractivity contribution < 1.29 is 14.3 Å². The first-order valence-corrected chi connectivity index (χ1v) is 11.0. The van der Waals surface area contributed by atoms with Gasteiger partial charge in [0.2, 0.25) is 0 Å². The Morgan fingerprint density at radius 3 is 2.53 bits per heavy atom. The van der Waals surface area contributed by atoms with E-state index in [1.165, 1.54) is 7.11 Å². The molecule has 2 aromatic carbocycles. The molecule has 0 aliphatic heterocycles. The summed E-state index contributed by atoms with van der Waals surface area (Å²) in [5, 5.41) is 13.1. The predicted octanol–water partition coefficient (Wildman–Crippen LogP) is 5.48. The number of allylic oxidation sites excluding steroid dienone is 2. The molecule has 1 N–H and O–H groups in total. The molecule has 5 nitrogen and oxygen atoms in total. The van der Waals surface area contributed by atoms with Crippen LogP contribution in [0.3, 0.4) is 0 Å². The lowest BCUT2D eigenvalue weighted by Crippen LogP contribution is -2.51. The Morgan fingerprint density at radius 1 is 1.22 bits per heavy atom. The highest BCUT2D eigenvalue weighted by atomic mass is 35.5. The van der Waals surface area contributed by atoms with Crippen molar-refractivity contribution in [2.24, 2.45) is 11.3 Å². The van der Waals surface area contributed by atoms with Gasteiger partial charge in [0.1, 0.15) is 11.8 Å². The summed E-state index contributed by atoms with van der Waals surface area (Å²) >= 11 is 5.93. The van der Waals surface area contributed by atoms with E-state index in [0.29, 0.717) is 22.0 Å². The van der Waals surface area contributed by atoms with Crippen molar-refractivity contribution in [1.82, 2.24) is 0 Å². The molecule has 0 saturated carbocycles. The summed E-state index contributed by atoms with van der Waals surface area (Å²) in [7, 11) is 1.54. The van der Waals surface area contributed by atoms with Gasteiger partial charge in [-0.15, -0.1) is 0 Å². The lowest BCUT2D eigenvalue weighted by atomic mass is 9.51. The van der Waals surface area contributed by atoms with Gasteiger partial charge in [0, 0.05) is 21.5 Å². The lowest BCUT2D eigenvalue weighted by molar-refractivity contribution is -0.128. The smallest absolute Gasteiger partial charge is 0.259 e. The number of nitrogens with zero attached hydrogens (tertiary/aromatic N) is 1. The third-order valence-corrected chi connectivity index (χ3v) is 7.30. The fourth-order valence-electron chi connectivity index (χ4n) is 5.44. The molecule has 2 aliphatic carbocycles. The van der Waals surface area contributed by atoms with Gasteiger partial charge in [0.05, 0.1) is 18.2 Å². The summed E-state index contributed by atoms with van der Waals surface area (Å²) in [6.07, 6.45) is 3.35. The van der Waals surface area contributed by atoms with Crippen LogP contribution in [-0.4, -0.2) is 18.8 Å². The number of halogens is 1. The van der Waals surface area contributed by atoms with Gasteiger partial charge < -0.3 is 10.1 Å². The molecular formula is C26H25ClN2O3. The van der Waals surface area contributed by atoms with E-state index in [0.717, 1.165) is 24.0 Å². The van der Waals surface area contributed by atoms with E-state index in [9.17, 15) is 14.9 Å². The third-order valence-electron chi connectivity index (χ3n) is 7.04. The number of nitriles is 1. The van der Waals surface area contributed by atoms with Crippen LogP contribution in [0.1, 0.15) is 48.7 Å². The van der Waals surface area contributed by atoms with Gasteiger partial charge in [0.25, 0.3) is 5.91 Å². The van der Waals surface area contributed by atoms with E-state index in [-0.39, 0.29) is 23.2 Å². The highest BCUT2D eigenvalue weighted by Crippen LogP contribution is 2.55. The number of ether oxygens (including phenoxy) is 1. The number of anilines is 1. The molecule has 0 heterocycles. The summed E-state index contributed by atoms with van der Waals surface area (Å²) in [4.78, 5) is 25.9. The zero-order valence-corrected chi connectivity index (χ0v) is 19.3. The molecule has 0 saturated heterocycles. The first-order chi connectivity index (χ1) is 15.1. The minimum Gasteiger partial charge on any atom is -0.496 e. The average Bonchev–Trinajstić information content (AvgIpc) is 2.77. The molecule has 0 bridgehead atoms. The van der Waals surface area contributed by atoms with Gasteiger partial charge in [0.15, 0.2) is 5.78 Å². The summed E-state index contributed by atoms with van der Waals surface area (Å²) in [5.41, 5.74) is 2.16. The van der Waals surface area contributed by atoms with Crippen LogP contribution in [-0.2, 0) is 16.6 Å². The SMILES string of the molecule is COc1cc2c(cc1C(=O)Nc1ccc(Cl)cc1)CC[C@H]1C(C)(C)C(=O)C(C#N)=C[C@]21C. The van der Waals surface area contributed by atoms with E-state index < -0.39 is 10.8 Å². The van der Waals surface area contributed by atoms with Gasteiger partial charge in [-0.1, -0.05) is 38.4 Å². The molecule has 6 heteroatoms. The second kappa shape index (κ2) is 7.79. The minimum atomic E-state index is -0.649. The molecule has 4 rings (SSSR count). The zero-order chi connectivity index (χ0) is 23.3. The minimum absolute atomic E-state index is 0.0468. The van der Waals surface area contributed by atoms with Crippen molar-refractivity contribution in [2.75, 3.05) is 12.4 Å². The van der Waals surface area contributed by atoms with Gasteiger partial charge in [-0.05, 0) is 66.3 Å². The van der Waals surface area contributed by atoms with E-state index in [1.54, 1.807) is 24.3 Å². The first kappa shape index (κ1) is 22.1. The number of nitrogens with one attached hydrogen (secondary N) is 1. The summed E-state index contributed by atoms with van der Waals surface area (Å²) in [6.45, 7) is 5.94. The summed E-state index contributed by atoms with van der Waals surface area (Å²) in [6, 6.07) is 12.8.